The van der Waals surface area contributed by atoms with Crippen LogP contribution in [0.2, 0.25) is 0 Å². The molecule has 0 saturated carbocycles. The smallest absolute Gasteiger partial charge is 0.243 e. The van der Waals surface area contributed by atoms with E-state index in [0.717, 1.165) is 40.4 Å². The van der Waals surface area contributed by atoms with Crippen molar-refractivity contribution in [2.45, 2.75) is 30.6 Å². The molecule has 1 fully saturated rings. The van der Waals surface area contributed by atoms with Gasteiger partial charge in [0.2, 0.25) is 10.0 Å². The number of benzene rings is 1. The van der Waals surface area contributed by atoms with Gasteiger partial charge in [-0.3, -0.25) is 4.79 Å². The molecule has 1 aromatic carbocycles. The summed E-state index contributed by atoms with van der Waals surface area (Å²) in [4.78, 5) is 17.8. The van der Waals surface area contributed by atoms with Gasteiger partial charge in [-0.05, 0) is 36.4 Å². The molecule has 1 saturated heterocycles. The summed E-state index contributed by atoms with van der Waals surface area (Å²) in [6.07, 6.45) is 3.21. The van der Waals surface area contributed by atoms with Crippen molar-refractivity contribution < 1.29 is 13.2 Å². The standard InChI is InChI=1S/C20H20N2O3S3/c23-18(19-5-4-12-26-19)13-20-21-17(14-27-20)15-6-8-16(9-7-15)28(24,25)22-10-2-1-3-11-22/h4-9,12,14H,1-3,10-11,13H2. The summed E-state index contributed by atoms with van der Waals surface area (Å²) in [5.74, 6) is 0.0684. The van der Waals surface area contributed by atoms with Gasteiger partial charge >= 0.3 is 0 Å². The molecule has 0 atom stereocenters. The minimum absolute atomic E-state index is 0.0684. The molecule has 0 N–H and O–H groups in total. The maximum absolute atomic E-state index is 12.7. The minimum atomic E-state index is -3.42. The summed E-state index contributed by atoms with van der Waals surface area (Å²) in [6.45, 7) is 1.19. The van der Waals surface area contributed by atoms with Crippen LogP contribution in [0.3, 0.4) is 0 Å². The van der Waals surface area contributed by atoms with Gasteiger partial charge < -0.3 is 0 Å². The molecule has 3 aromatic rings. The maximum Gasteiger partial charge on any atom is 0.243 e. The predicted molar refractivity (Wildman–Crippen MR) is 113 cm³/mol. The van der Waals surface area contributed by atoms with Crippen molar-refractivity contribution in [2.75, 3.05) is 13.1 Å². The summed E-state index contributed by atoms with van der Waals surface area (Å²) in [6, 6.07) is 10.6. The third-order valence-corrected chi connectivity index (χ3v) is 8.44. The van der Waals surface area contributed by atoms with E-state index in [1.165, 1.54) is 22.7 Å². The van der Waals surface area contributed by atoms with Crippen LogP contribution >= 0.6 is 22.7 Å². The van der Waals surface area contributed by atoms with E-state index in [1.54, 1.807) is 28.6 Å². The number of carbonyl (C=O) groups excluding carboxylic acids is 1. The normalized spacial score (nSPS) is 15.6. The first kappa shape index (κ1) is 19.4. The zero-order chi connectivity index (χ0) is 19.6. The molecule has 2 aromatic heterocycles. The second-order valence-corrected chi connectivity index (χ2v) is 10.5. The highest BCUT2D eigenvalue weighted by molar-refractivity contribution is 7.89. The van der Waals surface area contributed by atoms with Crippen molar-refractivity contribution in [3.05, 3.63) is 57.0 Å². The van der Waals surface area contributed by atoms with Crippen molar-refractivity contribution in [2.24, 2.45) is 0 Å². The molecule has 5 nitrogen and oxygen atoms in total. The van der Waals surface area contributed by atoms with Crippen molar-refractivity contribution in [3.63, 3.8) is 0 Å². The van der Waals surface area contributed by atoms with Gasteiger partial charge in [0.1, 0.15) is 5.01 Å². The second kappa shape index (κ2) is 8.24. The minimum Gasteiger partial charge on any atom is -0.293 e. The number of sulfonamides is 1. The number of carbonyl (C=O) groups is 1. The number of Topliss-reactive ketones (excluding diaryl/α,β-unsaturated/α-hetero) is 1. The first-order valence-corrected chi connectivity index (χ1v) is 12.4. The Morgan fingerprint density at radius 3 is 2.46 bits per heavy atom. The number of hydrogen-bond donors (Lipinski definition) is 0. The Morgan fingerprint density at radius 2 is 1.79 bits per heavy atom. The van der Waals surface area contributed by atoms with Gasteiger partial charge in [0.05, 0.1) is 21.9 Å². The highest BCUT2D eigenvalue weighted by Crippen LogP contribution is 2.26. The van der Waals surface area contributed by atoms with Crippen LogP contribution in [-0.2, 0) is 16.4 Å². The first-order chi connectivity index (χ1) is 13.5. The van der Waals surface area contributed by atoms with E-state index in [4.69, 9.17) is 0 Å². The number of thiazole rings is 1. The molecule has 1 aliphatic rings. The van der Waals surface area contributed by atoms with Crippen LogP contribution in [0.25, 0.3) is 11.3 Å². The number of aromatic nitrogens is 1. The van der Waals surface area contributed by atoms with E-state index >= 15 is 0 Å². The van der Waals surface area contributed by atoms with Crippen LogP contribution in [0.15, 0.2) is 52.1 Å². The second-order valence-electron chi connectivity index (χ2n) is 6.69. The summed E-state index contributed by atoms with van der Waals surface area (Å²) < 4.78 is 27.1. The number of rotatable bonds is 6. The summed E-state index contributed by atoms with van der Waals surface area (Å²) >= 11 is 2.88. The van der Waals surface area contributed by atoms with E-state index < -0.39 is 10.0 Å². The number of piperidine rings is 1. The van der Waals surface area contributed by atoms with Crippen molar-refractivity contribution in [1.29, 1.82) is 0 Å². The van der Waals surface area contributed by atoms with Gasteiger partial charge in [0.25, 0.3) is 0 Å². The maximum atomic E-state index is 12.7. The Labute approximate surface area is 172 Å². The molecule has 28 heavy (non-hydrogen) atoms. The lowest BCUT2D eigenvalue weighted by Crippen LogP contribution is -2.35. The summed E-state index contributed by atoms with van der Waals surface area (Å²) in [5, 5.41) is 4.56. The largest absolute Gasteiger partial charge is 0.293 e. The topological polar surface area (TPSA) is 67.3 Å². The van der Waals surface area contributed by atoms with E-state index in [1.807, 2.05) is 22.9 Å². The summed E-state index contributed by atoms with van der Waals surface area (Å²) in [5.41, 5.74) is 1.62. The van der Waals surface area contributed by atoms with E-state index in [-0.39, 0.29) is 12.2 Å². The lowest BCUT2D eigenvalue weighted by molar-refractivity contribution is 0.0997. The van der Waals surface area contributed by atoms with Gasteiger partial charge in [0.15, 0.2) is 5.78 Å². The molecule has 0 radical (unpaired) electrons. The fourth-order valence-corrected chi connectivity index (χ4v) is 6.22. The van der Waals surface area contributed by atoms with E-state index in [0.29, 0.717) is 18.0 Å². The Balaban J connectivity index is 1.48. The number of nitrogens with zero attached hydrogens (tertiary/aromatic N) is 2. The zero-order valence-corrected chi connectivity index (χ0v) is 17.7. The van der Waals surface area contributed by atoms with Crippen LogP contribution in [0.1, 0.15) is 33.9 Å². The SMILES string of the molecule is O=C(Cc1nc(-c2ccc(S(=O)(=O)N3CCCCC3)cc2)cs1)c1cccs1. The molecule has 0 unspecified atom stereocenters. The number of ketones is 1. The van der Waals surface area contributed by atoms with Gasteiger partial charge in [-0.1, -0.05) is 24.6 Å². The quantitative estimate of drug-likeness (QED) is 0.539. The Kier molecular flexibility index (Phi) is 5.73. The van der Waals surface area contributed by atoms with Gasteiger partial charge in [0, 0.05) is 24.0 Å². The fourth-order valence-electron chi connectivity index (χ4n) is 3.24. The highest BCUT2D eigenvalue weighted by atomic mass is 32.2. The third kappa shape index (κ3) is 4.10. The molecule has 4 rings (SSSR count). The van der Waals surface area contributed by atoms with E-state index in [2.05, 4.69) is 4.98 Å². The van der Waals surface area contributed by atoms with Gasteiger partial charge in [-0.15, -0.1) is 22.7 Å². The van der Waals surface area contributed by atoms with Gasteiger partial charge in [-0.2, -0.15) is 4.31 Å². The lowest BCUT2D eigenvalue weighted by atomic mass is 10.2. The van der Waals surface area contributed by atoms with Gasteiger partial charge in [-0.25, -0.2) is 13.4 Å². The van der Waals surface area contributed by atoms with E-state index in [9.17, 15) is 13.2 Å². The molecule has 0 spiro atoms. The average molecular weight is 433 g/mol. The average Bonchev–Trinajstić information content (AvgIpc) is 3.41. The zero-order valence-electron chi connectivity index (χ0n) is 15.2. The van der Waals surface area contributed by atoms with Crippen LogP contribution in [0.5, 0.6) is 0 Å². The van der Waals surface area contributed by atoms with Crippen molar-refractivity contribution >= 4 is 38.5 Å². The van der Waals surface area contributed by atoms with Crippen LogP contribution in [-0.4, -0.2) is 36.6 Å². The molecule has 3 heterocycles. The number of hydrogen-bond acceptors (Lipinski definition) is 6. The molecule has 146 valence electrons. The molecule has 0 bridgehead atoms. The first-order valence-electron chi connectivity index (χ1n) is 9.16. The summed E-state index contributed by atoms with van der Waals surface area (Å²) in [7, 11) is -3.42. The Morgan fingerprint density at radius 1 is 1.04 bits per heavy atom. The number of thiophene rings is 1. The molecule has 8 heteroatoms. The Bertz CT molecular complexity index is 1050. The fraction of sp³-hybridized carbons (Fsp3) is 0.300. The monoisotopic (exact) mass is 432 g/mol. The molecule has 1 aliphatic heterocycles. The third-order valence-electron chi connectivity index (χ3n) is 4.76. The van der Waals surface area contributed by atoms with Crippen molar-refractivity contribution in [3.8, 4) is 11.3 Å². The molecular weight excluding hydrogens is 412 g/mol. The molecule has 0 amide bonds. The van der Waals surface area contributed by atoms with Crippen LogP contribution < -0.4 is 0 Å². The lowest BCUT2D eigenvalue weighted by Gasteiger charge is -2.25. The highest BCUT2D eigenvalue weighted by Gasteiger charge is 2.25. The van der Waals surface area contributed by atoms with Crippen LogP contribution in [0.4, 0.5) is 0 Å². The Hall–Kier alpha value is -1.87. The van der Waals surface area contributed by atoms with Crippen molar-refractivity contribution in [1.82, 2.24) is 9.29 Å². The molecule has 0 aliphatic carbocycles. The predicted octanol–water partition coefficient (Wildman–Crippen LogP) is 4.47. The van der Waals surface area contributed by atoms with Crippen LogP contribution in [0, 0.1) is 0 Å². The molecular formula is C20H20N2O3S3.